The molecule has 0 amide bonds. The van der Waals surface area contributed by atoms with Gasteiger partial charge in [-0.15, -0.1) is 0 Å². The summed E-state index contributed by atoms with van der Waals surface area (Å²) in [5, 5.41) is 0. The van der Waals surface area contributed by atoms with Crippen LogP contribution in [0.1, 0.15) is 45.4 Å². The second kappa shape index (κ2) is 12.0. The number of rotatable bonds is 10. The van der Waals surface area contributed by atoms with Crippen molar-refractivity contribution >= 4 is 22.5 Å². The average molecular weight is 362 g/mol. The maximum atomic E-state index is 2.33. The molecule has 28 heavy (non-hydrogen) atoms. The number of hydrogen-bond acceptors (Lipinski definition) is 0. The van der Waals surface area contributed by atoms with Gasteiger partial charge in [0, 0.05) is 0 Å². The summed E-state index contributed by atoms with van der Waals surface area (Å²) in [6, 6.07) is 33.5. The molecule has 0 radical (unpaired) electrons. The molecule has 0 saturated carbocycles. The van der Waals surface area contributed by atoms with E-state index in [2.05, 4.69) is 97.9 Å². The van der Waals surface area contributed by atoms with Crippen molar-refractivity contribution < 1.29 is 18.9 Å². The Morgan fingerprint density at radius 3 is 1.25 bits per heavy atom. The molecule has 0 N–H and O–H groups in total. The molecule has 0 saturated heterocycles. The molecule has 140 valence electrons. The maximum absolute atomic E-state index is 2.33. The van der Waals surface area contributed by atoms with Crippen LogP contribution in [0.4, 0.5) is 0 Å². The molecule has 0 nitrogen and oxygen atoms in total. The first-order valence-corrected chi connectivity index (χ1v) is 10.7. The SMILES string of the molecule is CCCCCCCC[B-](c1ccccc1)(c1ccccc1)c1ccccc1.[Li+]. The molecule has 2 heteroatoms. The molecule has 0 aromatic heterocycles. The fraction of sp³-hybridized carbons (Fsp3) is 0.308. The summed E-state index contributed by atoms with van der Waals surface area (Å²) in [6.45, 7) is 2.29. The van der Waals surface area contributed by atoms with Gasteiger partial charge in [0.2, 0.25) is 0 Å². The van der Waals surface area contributed by atoms with E-state index < -0.39 is 6.15 Å². The van der Waals surface area contributed by atoms with E-state index in [1.165, 1.54) is 61.2 Å². The van der Waals surface area contributed by atoms with Gasteiger partial charge in [0.05, 0.1) is 6.15 Å². The van der Waals surface area contributed by atoms with Crippen LogP contribution in [-0.4, -0.2) is 6.15 Å². The van der Waals surface area contributed by atoms with Crippen molar-refractivity contribution in [1.82, 2.24) is 0 Å². The molecule has 0 heterocycles. The van der Waals surface area contributed by atoms with E-state index in [4.69, 9.17) is 0 Å². The molecule has 0 fully saturated rings. The Hall–Kier alpha value is -1.68. The quantitative estimate of drug-likeness (QED) is 0.384. The Bertz CT molecular complexity index is 675. The normalized spacial score (nSPS) is 11.0. The summed E-state index contributed by atoms with van der Waals surface area (Å²) in [4.78, 5) is 0. The van der Waals surface area contributed by atoms with E-state index in [-0.39, 0.29) is 18.9 Å². The van der Waals surface area contributed by atoms with Gasteiger partial charge in [-0.2, -0.15) is 22.7 Å². The zero-order valence-electron chi connectivity index (χ0n) is 17.7. The van der Waals surface area contributed by atoms with Gasteiger partial charge in [-0.1, -0.05) is 136 Å². The van der Waals surface area contributed by atoms with Gasteiger partial charge in [-0.05, 0) is 0 Å². The first kappa shape index (κ1) is 22.6. The minimum absolute atomic E-state index is 0. The van der Waals surface area contributed by atoms with E-state index in [1.807, 2.05) is 0 Å². The number of hydrogen-bond donors (Lipinski definition) is 0. The first-order valence-electron chi connectivity index (χ1n) is 10.7. The first-order chi connectivity index (χ1) is 13.4. The molecule has 3 rings (SSSR count). The van der Waals surface area contributed by atoms with Crippen LogP contribution in [0.5, 0.6) is 0 Å². The van der Waals surface area contributed by atoms with Gasteiger partial charge >= 0.3 is 18.9 Å². The molecule has 0 aliphatic carbocycles. The molecule has 0 bridgehead atoms. The molecule has 3 aromatic rings. The second-order valence-corrected chi connectivity index (χ2v) is 7.83. The van der Waals surface area contributed by atoms with Crippen LogP contribution >= 0.6 is 0 Å². The maximum Gasteiger partial charge on any atom is 1.00 e. The summed E-state index contributed by atoms with van der Waals surface area (Å²) in [6.07, 6.45) is 8.30. The summed E-state index contributed by atoms with van der Waals surface area (Å²) >= 11 is 0. The van der Waals surface area contributed by atoms with Crippen molar-refractivity contribution in [3.05, 3.63) is 91.0 Å². The van der Waals surface area contributed by atoms with Gasteiger partial charge < -0.3 is 0 Å². The van der Waals surface area contributed by atoms with Gasteiger partial charge in [0.25, 0.3) is 0 Å². The third-order valence-corrected chi connectivity index (χ3v) is 6.10. The zero-order chi connectivity index (χ0) is 18.8. The predicted octanol–water partition coefficient (Wildman–Crippen LogP) is 2.52. The Labute approximate surface area is 183 Å². The van der Waals surface area contributed by atoms with Gasteiger partial charge in [0.15, 0.2) is 0 Å². The largest absolute Gasteiger partial charge is 1.00 e. The smallest absolute Gasteiger partial charge is 0.200 e. The topological polar surface area (TPSA) is 0 Å². The molecular weight excluding hydrogens is 330 g/mol. The third-order valence-electron chi connectivity index (χ3n) is 6.10. The van der Waals surface area contributed by atoms with Crippen LogP contribution in [0.3, 0.4) is 0 Å². The van der Waals surface area contributed by atoms with Gasteiger partial charge in [-0.25, -0.2) is 0 Å². The molecule has 3 aromatic carbocycles. The van der Waals surface area contributed by atoms with Crippen LogP contribution in [0, 0.1) is 0 Å². The fourth-order valence-electron chi connectivity index (χ4n) is 4.65. The van der Waals surface area contributed by atoms with E-state index >= 15 is 0 Å². The van der Waals surface area contributed by atoms with E-state index in [1.54, 1.807) is 0 Å². The van der Waals surface area contributed by atoms with Crippen molar-refractivity contribution in [2.75, 3.05) is 0 Å². The van der Waals surface area contributed by atoms with Gasteiger partial charge in [-0.3, -0.25) is 0 Å². The average Bonchev–Trinajstić information content (AvgIpc) is 2.75. The minimum atomic E-state index is -0.938. The van der Waals surface area contributed by atoms with E-state index in [9.17, 15) is 0 Å². The van der Waals surface area contributed by atoms with E-state index in [0.717, 1.165) is 0 Å². The van der Waals surface area contributed by atoms with Crippen LogP contribution in [0.25, 0.3) is 0 Å². The Kier molecular flexibility index (Phi) is 9.70. The van der Waals surface area contributed by atoms with Crippen LogP contribution in [-0.2, 0) is 0 Å². The molecule has 0 spiro atoms. The molecule has 0 atom stereocenters. The number of unbranched alkanes of at least 4 members (excludes halogenated alkanes) is 5. The standard InChI is InChI=1S/C26H32B.Li/c1-2-3-4-5-6-16-23-27(24-17-10-7-11-18-24,25-19-12-8-13-20-25)26-21-14-9-15-22-26;/h7-15,17-22H,2-6,16,23H2,1H3;/q-1;+1. The molecule has 0 aliphatic heterocycles. The summed E-state index contributed by atoms with van der Waals surface area (Å²) < 4.78 is 0. The van der Waals surface area contributed by atoms with Crippen molar-refractivity contribution in [1.29, 1.82) is 0 Å². The van der Waals surface area contributed by atoms with Gasteiger partial charge in [0.1, 0.15) is 0 Å². The summed E-state index contributed by atoms with van der Waals surface area (Å²) in [5.74, 6) is 0. The third kappa shape index (κ3) is 5.44. The molecular formula is C26H32BLi. The van der Waals surface area contributed by atoms with Crippen LogP contribution in [0.15, 0.2) is 91.0 Å². The summed E-state index contributed by atoms with van der Waals surface area (Å²) in [5.41, 5.74) is 4.38. The Morgan fingerprint density at radius 2 is 0.857 bits per heavy atom. The summed E-state index contributed by atoms with van der Waals surface area (Å²) in [7, 11) is 0. The van der Waals surface area contributed by atoms with Crippen LogP contribution in [0.2, 0.25) is 6.32 Å². The Balaban J connectivity index is 0.00000280. The predicted molar refractivity (Wildman–Crippen MR) is 122 cm³/mol. The molecule has 0 aliphatic rings. The van der Waals surface area contributed by atoms with E-state index in [0.29, 0.717) is 0 Å². The zero-order valence-corrected chi connectivity index (χ0v) is 17.7. The van der Waals surface area contributed by atoms with Crippen molar-refractivity contribution in [3.63, 3.8) is 0 Å². The van der Waals surface area contributed by atoms with Crippen LogP contribution < -0.4 is 35.2 Å². The van der Waals surface area contributed by atoms with Crippen molar-refractivity contribution in [2.24, 2.45) is 0 Å². The Morgan fingerprint density at radius 1 is 0.500 bits per heavy atom. The van der Waals surface area contributed by atoms with Crippen molar-refractivity contribution in [2.45, 2.75) is 51.8 Å². The minimum Gasteiger partial charge on any atom is -0.200 e. The fourth-order valence-corrected chi connectivity index (χ4v) is 4.65. The van der Waals surface area contributed by atoms with Crippen molar-refractivity contribution in [3.8, 4) is 0 Å². The number of benzene rings is 3. The second-order valence-electron chi connectivity index (χ2n) is 7.83. The monoisotopic (exact) mass is 362 g/mol. The molecule has 0 unspecified atom stereocenters.